The number of hydrogen-bond acceptors (Lipinski definition) is 3. The van der Waals surface area contributed by atoms with E-state index in [1.165, 1.54) is 6.92 Å². The molecule has 3 N–H and O–H groups in total. The molecule has 0 aromatic carbocycles. The number of carboxylic acids is 1. The Kier molecular flexibility index (Phi) is 2.51. The largest absolute Gasteiger partial charge is 0.480 e. The van der Waals surface area contributed by atoms with Gasteiger partial charge in [0.05, 0.1) is 0 Å². The van der Waals surface area contributed by atoms with Crippen LogP contribution in [0.3, 0.4) is 0 Å². The first-order valence-corrected chi connectivity index (χ1v) is 3.11. The third-order valence-corrected chi connectivity index (χ3v) is 1.87. The van der Waals surface area contributed by atoms with Crippen molar-refractivity contribution in [2.75, 3.05) is 0 Å². The summed E-state index contributed by atoms with van der Waals surface area (Å²) in [6.45, 7) is 3.09. The van der Waals surface area contributed by atoms with Crippen molar-refractivity contribution in [3.63, 3.8) is 0 Å². The van der Waals surface area contributed by atoms with Gasteiger partial charge in [-0.2, -0.15) is 12.6 Å². The first-order chi connectivity index (χ1) is 3.89. The zero-order chi connectivity index (χ0) is 7.65. The maximum Gasteiger partial charge on any atom is 0.324 e. The standard InChI is InChI=1S/C5H11NO2S/c1-3(9)5(2,6)4(7)8/h3,9H,6H2,1-2H3,(H,7,8)/t3?,5-/m1/s1. The molecule has 0 spiro atoms. The molecule has 0 bridgehead atoms. The number of carbonyl (C=O) groups is 1. The predicted molar refractivity (Wildman–Crippen MR) is 38.7 cm³/mol. The molecule has 0 aromatic rings. The zero-order valence-electron chi connectivity index (χ0n) is 5.46. The second-order valence-electron chi connectivity index (χ2n) is 2.26. The minimum atomic E-state index is -1.22. The summed E-state index contributed by atoms with van der Waals surface area (Å²) in [5.74, 6) is -1.02. The maximum absolute atomic E-state index is 10.3. The van der Waals surface area contributed by atoms with Crippen LogP contribution in [0.4, 0.5) is 0 Å². The Morgan fingerprint density at radius 2 is 2.22 bits per heavy atom. The molecule has 4 heteroatoms. The average Bonchev–Trinajstić information content (AvgIpc) is 1.65. The quantitative estimate of drug-likeness (QED) is 0.488. The summed E-state index contributed by atoms with van der Waals surface area (Å²) in [7, 11) is 0. The van der Waals surface area contributed by atoms with Crippen molar-refractivity contribution in [2.45, 2.75) is 24.6 Å². The molecular formula is C5H11NO2S. The van der Waals surface area contributed by atoms with Crippen LogP contribution in [0.2, 0.25) is 0 Å². The van der Waals surface area contributed by atoms with Gasteiger partial charge in [0.2, 0.25) is 0 Å². The third-order valence-electron chi connectivity index (χ3n) is 1.33. The predicted octanol–water partition coefficient (Wildman–Crippen LogP) is 0.107. The molecule has 0 heterocycles. The zero-order valence-corrected chi connectivity index (χ0v) is 6.35. The highest BCUT2D eigenvalue weighted by Crippen LogP contribution is 2.11. The Hall–Kier alpha value is -0.220. The van der Waals surface area contributed by atoms with E-state index in [-0.39, 0.29) is 5.25 Å². The summed E-state index contributed by atoms with van der Waals surface area (Å²) < 4.78 is 0. The summed E-state index contributed by atoms with van der Waals surface area (Å²) in [5.41, 5.74) is 4.11. The van der Waals surface area contributed by atoms with Gasteiger partial charge in [0.1, 0.15) is 5.54 Å². The van der Waals surface area contributed by atoms with Gasteiger partial charge in [-0.15, -0.1) is 0 Å². The minimum Gasteiger partial charge on any atom is -0.480 e. The number of thiol groups is 1. The van der Waals surface area contributed by atoms with Gasteiger partial charge < -0.3 is 10.8 Å². The van der Waals surface area contributed by atoms with Crippen LogP contribution < -0.4 is 5.73 Å². The fourth-order valence-corrected chi connectivity index (χ4v) is 0.289. The molecule has 2 atom stereocenters. The lowest BCUT2D eigenvalue weighted by molar-refractivity contribution is -0.142. The van der Waals surface area contributed by atoms with Gasteiger partial charge in [0.25, 0.3) is 0 Å². The van der Waals surface area contributed by atoms with Gasteiger partial charge in [-0.25, -0.2) is 0 Å². The Bertz CT molecular complexity index is 122. The van der Waals surface area contributed by atoms with Crippen LogP contribution in [0.1, 0.15) is 13.8 Å². The van der Waals surface area contributed by atoms with E-state index in [0.717, 1.165) is 0 Å². The molecule has 0 amide bonds. The number of aliphatic carboxylic acids is 1. The van der Waals surface area contributed by atoms with Crippen molar-refractivity contribution in [1.82, 2.24) is 0 Å². The van der Waals surface area contributed by atoms with E-state index in [1.807, 2.05) is 0 Å². The highest BCUT2D eigenvalue weighted by molar-refractivity contribution is 7.81. The van der Waals surface area contributed by atoms with Gasteiger partial charge in [0, 0.05) is 5.25 Å². The van der Waals surface area contributed by atoms with Crippen LogP contribution >= 0.6 is 12.6 Å². The lowest BCUT2D eigenvalue weighted by Crippen LogP contribution is -2.51. The fraction of sp³-hybridized carbons (Fsp3) is 0.800. The van der Waals surface area contributed by atoms with Crippen LogP contribution in [0.5, 0.6) is 0 Å². The van der Waals surface area contributed by atoms with Gasteiger partial charge in [-0.1, -0.05) is 6.92 Å². The number of nitrogens with two attached hydrogens (primary N) is 1. The monoisotopic (exact) mass is 149 g/mol. The Morgan fingerprint density at radius 1 is 1.89 bits per heavy atom. The third kappa shape index (κ3) is 1.87. The lowest BCUT2D eigenvalue weighted by Gasteiger charge is -2.22. The molecule has 9 heavy (non-hydrogen) atoms. The van der Waals surface area contributed by atoms with Crippen molar-refractivity contribution >= 4 is 18.6 Å². The summed E-state index contributed by atoms with van der Waals surface area (Å²) in [6.07, 6.45) is 0. The van der Waals surface area contributed by atoms with Crippen molar-refractivity contribution in [2.24, 2.45) is 5.73 Å². The maximum atomic E-state index is 10.3. The summed E-state index contributed by atoms with van der Waals surface area (Å²) >= 11 is 3.91. The summed E-state index contributed by atoms with van der Waals surface area (Å²) in [4.78, 5) is 10.3. The smallest absolute Gasteiger partial charge is 0.324 e. The molecule has 3 nitrogen and oxygen atoms in total. The molecule has 0 aromatic heterocycles. The SMILES string of the molecule is CC(S)[C@@](C)(N)C(=O)O. The molecule has 0 saturated heterocycles. The normalized spacial score (nSPS) is 20.4. The lowest BCUT2D eigenvalue weighted by atomic mass is 10.0. The highest BCUT2D eigenvalue weighted by Gasteiger charge is 2.32. The van der Waals surface area contributed by atoms with Crippen LogP contribution in [-0.2, 0) is 4.79 Å². The molecule has 54 valence electrons. The topological polar surface area (TPSA) is 63.3 Å². The molecule has 0 fully saturated rings. The van der Waals surface area contributed by atoms with E-state index in [1.54, 1.807) is 6.92 Å². The highest BCUT2D eigenvalue weighted by atomic mass is 32.1. The van der Waals surface area contributed by atoms with Gasteiger partial charge >= 0.3 is 5.97 Å². The Morgan fingerprint density at radius 3 is 2.22 bits per heavy atom. The van der Waals surface area contributed by atoms with Crippen LogP contribution in [0, 0.1) is 0 Å². The van der Waals surface area contributed by atoms with Crippen LogP contribution in [-0.4, -0.2) is 21.9 Å². The second-order valence-corrected chi connectivity index (χ2v) is 3.04. The molecule has 0 aliphatic carbocycles. The van der Waals surface area contributed by atoms with E-state index in [9.17, 15) is 4.79 Å². The molecule has 0 saturated carbocycles. The van der Waals surface area contributed by atoms with E-state index in [2.05, 4.69) is 12.6 Å². The van der Waals surface area contributed by atoms with E-state index >= 15 is 0 Å². The number of carboxylic acid groups (broad SMARTS) is 1. The van der Waals surface area contributed by atoms with Crippen molar-refractivity contribution in [1.29, 1.82) is 0 Å². The van der Waals surface area contributed by atoms with Gasteiger partial charge in [0.15, 0.2) is 0 Å². The summed E-state index contributed by atoms with van der Waals surface area (Å²) in [5, 5.41) is 8.10. The average molecular weight is 149 g/mol. The van der Waals surface area contributed by atoms with E-state index in [0.29, 0.717) is 0 Å². The van der Waals surface area contributed by atoms with Crippen molar-refractivity contribution in [3.05, 3.63) is 0 Å². The van der Waals surface area contributed by atoms with Crippen molar-refractivity contribution in [3.8, 4) is 0 Å². The first kappa shape index (κ1) is 8.78. The van der Waals surface area contributed by atoms with Gasteiger partial charge in [-0.05, 0) is 6.92 Å². The van der Waals surface area contributed by atoms with Crippen molar-refractivity contribution < 1.29 is 9.90 Å². The Labute approximate surface area is 59.6 Å². The second kappa shape index (κ2) is 2.58. The molecular weight excluding hydrogens is 138 g/mol. The number of hydrogen-bond donors (Lipinski definition) is 3. The molecule has 0 aliphatic heterocycles. The Balaban J connectivity index is 4.19. The molecule has 0 rings (SSSR count). The summed E-state index contributed by atoms with van der Waals surface area (Å²) in [6, 6.07) is 0. The van der Waals surface area contributed by atoms with Crippen LogP contribution in [0.15, 0.2) is 0 Å². The van der Waals surface area contributed by atoms with E-state index in [4.69, 9.17) is 10.8 Å². The molecule has 0 aliphatic rings. The number of rotatable bonds is 2. The van der Waals surface area contributed by atoms with Crippen LogP contribution in [0.25, 0.3) is 0 Å². The van der Waals surface area contributed by atoms with Gasteiger partial charge in [-0.3, -0.25) is 4.79 Å². The molecule has 0 radical (unpaired) electrons. The molecule has 1 unspecified atom stereocenters. The fourth-order valence-electron chi connectivity index (χ4n) is 0.179. The van der Waals surface area contributed by atoms with E-state index < -0.39 is 11.5 Å². The minimum absolute atomic E-state index is 0.338. The first-order valence-electron chi connectivity index (χ1n) is 2.59.